The average Bonchev–Trinajstić information content (AvgIpc) is 3.35. The molecule has 4 rings (SSSR count). The fourth-order valence-electron chi connectivity index (χ4n) is 3.18. The van der Waals surface area contributed by atoms with Crippen molar-refractivity contribution in [3.63, 3.8) is 0 Å². The summed E-state index contributed by atoms with van der Waals surface area (Å²) >= 11 is 0. The number of nitrogens with one attached hydrogen (secondary N) is 1. The van der Waals surface area contributed by atoms with Crippen molar-refractivity contribution < 1.29 is 13.2 Å². The van der Waals surface area contributed by atoms with Crippen LogP contribution in [0.25, 0.3) is 5.69 Å². The normalized spacial score (nSPS) is 14.5. The summed E-state index contributed by atoms with van der Waals surface area (Å²) in [5.41, 5.74) is 2.51. The third-order valence-electron chi connectivity index (χ3n) is 4.68. The third kappa shape index (κ3) is 3.33. The number of aromatic nitrogens is 4. The molecule has 2 aromatic carbocycles. The number of amides is 1. The van der Waals surface area contributed by atoms with E-state index in [1.165, 1.54) is 23.1 Å². The number of sulfonamides is 1. The number of rotatable bonds is 5. The van der Waals surface area contributed by atoms with Gasteiger partial charge in [-0.15, -0.1) is 5.10 Å². The van der Waals surface area contributed by atoms with Crippen molar-refractivity contribution in [2.75, 3.05) is 16.2 Å². The maximum atomic E-state index is 12.8. The van der Waals surface area contributed by atoms with Crippen LogP contribution in [-0.4, -0.2) is 41.1 Å². The number of hydrogen-bond acceptors (Lipinski definition) is 6. The molecule has 0 bridgehead atoms. The Kier molecular flexibility index (Phi) is 4.55. The molecule has 10 heteroatoms. The first kappa shape index (κ1) is 18.1. The summed E-state index contributed by atoms with van der Waals surface area (Å²) < 4.78 is 29.7. The van der Waals surface area contributed by atoms with Gasteiger partial charge in [0, 0.05) is 18.7 Å². The molecule has 0 unspecified atom stereocenters. The van der Waals surface area contributed by atoms with Gasteiger partial charge in [0.25, 0.3) is 10.0 Å². The SMILES string of the molecule is Cc1c(NS(=O)(=O)c2ccc(N3CCCC3=O)cc2)cccc1-n1cnnn1. The van der Waals surface area contributed by atoms with Crippen LogP contribution in [0.5, 0.6) is 0 Å². The predicted molar refractivity (Wildman–Crippen MR) is 103 cm³/mol. The van der Waals surface area contributed by atoms with Gasteiger partial charge in [0.15, 0.2) is 0 Å². The molecular formula is C18H18N6O3S. The fourth-order valence-corrected chi connectivity index (χ4v) is 4.31. The lowest BCUT2D eigenvalue weighted by atomic mass is 10.1. The second kappa shape index (κ2) is 7.04. The summed E-state index contributed by atoms with van der Waals surface area (Å²) in [5, 5.41) is 11.0. The summed E-state index contributed by atoms with van der Waals surface area (Å²) in [6, 6.07) is 11.5. The lowest BCUT2D eigenvalue weighted by Gasteiger charge is -2.17. The van der Waals surface area contributed by atoms with Gasteiger partial charge >= 0.3 is 0 Å². The van der Waals surface area contributed by atoms with Gasteiger partial charge in [0.1, 0.15) is 6.33 Å². The van der Waals surface area contributed by atoms with E-state index in [0.717, 1.165) is 6.42 Å². The minimum atomic E-state index is -3.79. The fraction of sp³-hybridized carbons (Fsp3) is 0.222. The lowest BCUT2D eigenvalue weighted by Crippen LogP contribution is -2.23. The lowest BCUT2D eigenvalue weighted by molar-refractivity contribution is -0.117. The number of tetrazole rings is 1. The van der Waals surface area contributed by atoms with Crippen LogP contribution in [0, 0.1) is 6.92 Å². The van der Waals surface area contributed by atoms with Gasteiger partial charge in [0.05, 0.1) is 16.3 Å². The Morgan fingerprint density at radius 1 is 1.11 bits per heavy atom. The first-order valence-corrected chi connectivity index (χ1v) is 10.2. The van der Waals surface area contributed by atoms with Crippen molar-refractivity contribution in [3.05, 3.63) is 54.4 Å². The van der Waals surface area contributed by atoms with Crippen LogP contribution in [0.3, 0.4) is 0 Å². The molecule has 28 heavy (non-hydrogen) atoms. The molecule has 9 nitrogen and oxygen atoms in total. The van der Waals surface area contributed by atoms with Crippen molar-refractivity contribution >= 4 is 27.3 Å². The summed E-state index contributed by atoms with van der Waals surface area (Å²) in [4.78, 5) is 13.6. The number of anilines is 2. The molecule has 0 spiro atoms. The van der Waals surface area contributed by atoms with Crippen LogP contribution in [0.2, 0.25) is 0 Å². The van der Waals surface area contributed by atoms with Gasteiger partial charge in [-0.05, 0) is 65.7 Å². The molecule has 144 valence electrons. The molecular weight excluding hydrogens is 380 g/mol. The zero-order valence-electron chi connectivity index (χ0n) is 15.1. The van der Waals surface area contributed by atoms with Gasteiger partial charge in [0.2, 0.25) is 5.91 Å². The van der Waals surface area contributed by atoms with Crippen molar-refractivity contribution in [2.24, 2.45) is 0 Å². The van der Waals surface area contributed by atoms with E-state index < -0.39 is 10.0 Å². The van der Waals surface area contributed by atoms with Crippen LogP contribution in [0.1, 0.15) is 18.4 Å². The Bertz CT molecular complexity index is 1110. The van der Waals surface area contributed by atoms with Gasteiger partial charge < -0.3 is 4.90 Å². The second-order valence-corrected chi connectivity index (χ2v) is 8.13. The first-order valence-electron chi connectivity index (χ1n) is 8.72. The molecule has 1 amide bonds. The largest absolute Gasteiger partial charge is 0.312 e. The topological polar surface area (TPSA) is 110 Å². The number of hydrogen-bond donors (Lipinski definition) is 1. The summed E-state index contributed by atoms with van der Waals surface area (Å²) in [5.74, 6) is 0.0590. The smallest absolute Gasteiger partial charge is 0.261 e. The van der Waals surface area contributed by atoms with Gasteiger partial charge in [-0.3, -0.25) is 9.52 Å². The van der Waals surface area contributed by atoms with Crippen LogP contribution < -0.4 is 9.62 Å². The molecule has 1 aliphatic heterocycles. The van der Waals surface area contributed by atoms with E-state index in [-0.39, 0.29) is 10.8 Å². The standard InChI is InChI=1S/C18H18N6O3S/c1-13-16(4-2-5-17(13)24-12-19-21-22-24)20-28(26,27)15-9-7-14(8-10-15)23-11-3-6-18(23)25/h2,4-5,7-10,12,20H,3,6,11H2,1H3. The van der Waals surface area contributed by atoms with Gasteiger partial charge in [-0.2, -0.15) is 0 Å². The maximum Gasteiger partial charge on any atom is 0.261 e. The molecule has 1 aliphatic rings. The number of carbonyl (C=O) groups is 1. The molecule has 1 aromatic heterocycles. The Balaban J connectivity index is 1.60. The molecule has 1 saturated heterocycles. The first-order chi connectivity index (χ1) is 13.5. The molecule has 0 radical (unpaired) electrons. The Morgan fingerprint density at radius 3 is 2.54 bits per heavy atom. The van der Waals surface area contributed by atoms with E-state index in [0.29, 0.717) is 35.6 Å². The van der Waals surface area contributed by atoms with Crippen molar-refractivity contribution in [1.82, 2.24) is 20.2 Å². The van der Waals surface area contributed by atoms with Gasteiger partial charge in [-0.25, -0.2) is 13.1 Å². The minimum absolute atomic E-state index is 0.0590. The Hall–Kier alpha value is -3.27. The van der Waals surface area contributed by atoms with Crippen LogP contribution in [-0.2, 0) is 14.8 Å². The van der Waals surface area contributed by atoms with Crippen LogP contribution in [0.4, 0.5) is 11.4 Å². The summed E-state index contributed by atoms with van der Waals surface area (Å²) in [7, 11) is -3.79. The molecule has 1 fully saturated rings. The van der Waals surface area contributed by atoms with Gasteiger partial charge in [-0.1, -0.05) is 6.07 Å². The molecule has 3 aromatic rings. The molecule has 0 saturated carbocycles. The number of carbonyl (C=O) groups excluding carboxylic acids is 1. The Morgan fingerprint density at radius 2 is 1.89 bits per heavy atom. The minimum Gasteiger partial charge on any atom is -0.312 e. The monoisotopic (exact) mass is 398 g/mol. The zero-order chi connectivity index (χ0) is 19.7. The van der Waals surface area contributed by atoms with E-state index in [2.05, 4.69) is 20.2 Å². The van der Waals surface area contributed by atoms with Crippen molar-refractivity contribution in [2.45, 2.75) is 24.7 Å². The van der Waals surface area contributed by atoms with E-state index in [1.807, 2.05) is 0 Å². The highest BCUT2D eigenvalue weighted by Gasteiger charge is 2.23. The Labute approximate surface area is 162 Å². The highest BCUT2D eigenvalue weighted by atomic mass is 32.2. The molecule has 0 atom stereocenters. The second-order valence-electron chi connectivity index (χ2n) is 6.45. The van der Waals surface area contributed by atoms with E-state index in [1.54, 1.807) is 42.2 Å². The third-order valence-corrected chi connectivity index (χ3v) is 6.06. The van der Waals surface area contributed by atoms with Crippen LogP contribution in [0.15, 0.2) is 53.7 Å². The van der Waals surface area contributed by atoms with E-state index in [9.17, 15) is 13.2 Å². The highest BCUT2D eigenvalue weighted by molar-refractivity contribution is 7.92. The summed E-state index contributed by atoms with van der Waals surface area (Å²) in [6.07, 6.45) is 2.79. The number of benzene rings is 2. The maximum absolute atomic E-state index is 12.8. The van der Waals surface area contributed by atoms with E-state index >= 15 is 0 Å². The quantitative estimate of drug-likeness (QED) is 0.703. The van der Waals surface area contributed by atoms with Crippen LogP contribution >= 0.6 is 0 Å². The molecule has 0 aliphatic carbocycles. The zero-order valence-corrected chi connectivity index (χ0v) is 15.9. The predicted octanol–water partition coefficient (Wildman–Crippen LogP) is 1.90. The molecule has 2 heterocycles. The average molecular weight is 398 g/mol. The summed E-state index contributed by atoms with van der Waals surface area (Å²) in [6.45, 7) is 2.45. The van der Waals surface area contributed by atoms with E-state index in [4.69, 9.17) is 0 Å². The number of nitrogens with zero attached hydrogens (tertiary/aromatic N) is 5. The van der Waals surface area contributed by atoms with Crippen molar-refractivity contribution in [3.8, 4) is 5.69 Å². The van der Waals surface area contributed by atoms with Crippen molar-refractivity contribution in [1.29, 1.82) is 0 Å². The molecule has 1 N–H and O–H groups in total. The highest BCUT2D eigenvalue weighted by Crippen LogP contribution is 2.26.